The van der Waals surface area contributed by atoms with E-state index in [0.29, 0.717) is 18.8 Å². The third-order valence-electron chi connectivity index (χ3n) is 4.29. The highest BCUT2D eigenvalue weighted by atomic mass is 35.5. The number of hydrogen-bond acceptors (Lipinski definition) is 4. The number of nitrogens with one attached hydrogen (secondary N) is 1. The normalized spacial score (nSPS) is 20.5. The van der Waals surface area contributed by atoms with Gasteiger partial charge in [0.05, 0.1) is 12.7 Å². The number of aromatic nitrogens is 3. The van der Waals surface area contributed by atoms with Crippen molar-refractivity contribution < 1.29 is 9.18 Å². The average molecular weight is 354 g/mol. The van der Waals surface area contributed by atoms with Crippen LogP contribution in [0.5, 0.6) is 0 Å². The van der Waals surface area contributed by atoms with Crippen molar-refractivity contribution in [3.8, 4) is 0 Å². The Hall–Kier alpha value is -1.99. The molecule has 0 aliphatic carbocycles. The zero-order chi connectivity index (χ0) is 16.4. The first-order valence-corrected chi connectivity index (χ1v) is 7.73. The van der Waals surface area contributed by atoms with Crippen LogP contribution in [0.15, 0.2) is 30.5 Å². The summed E-state index contributed by atoms with van der Waals surface area (Å²) in [5, 5.41) is 11.3. The molecule has 2 unspecified atom stereocenters. The Kier molecular flexibility index (Phi) is 5.90. The maximum atomic E-state index is 13.2. The second-order valence-electron chi connectivity index (χ2n) is 5.91. The van der Waals surface area contributed by atoms with Gasteiger partial charge in [-0.25, -0.2) is 9.07 Å². The van der Waals surface area contributed by atoms with Gasteiger partial charge in [0.15, 0.2) is 5.69 Å². The fourth-order valence-corrected chi connectivity index (χ4v) is 2.79. The molecule has 2 heterocycles. The van der Waals surface area contributed by atoms with E-state index in [1.165, 1.54) is 12.1 Å². The largest absolute Gasteiger partial charge is 0.332 e. The lowest BCUT2D eigenvalue weighted by Gasteiger charge is -2.38. The molecule has 0 saturated carbocycles. The van der Waals surface area contributed by atoms with E-state index in [2.05, 4.69) is 22.6 Å². The average Bonchev–Trinajstić information content (AvgIpc) is 2.98. The minimum absolute atomic E-state index is 0. The van der Waals surface area contributed by atoms with Crippen LogP contribution in [0.3, 0.4) is 0 Å². The fourth-order valence-electron chi connectivity index (χ4n) is 2.79. The summed E-state index contributed by atoms with van der Waals surface area (Å²) in [5.74, 6) is -0.404. The summed E-state index contributed by atoms with van der Waals surface area (Å²) in [6.45, 7) is 5.89. The molecule has 2 atom stereocenters. The third-order valence-corrected chi connectivity index (χ3v) is 4.29. The lowest BCUT2D eigenvalue weighted by molar-refractivity contribution is 0.0596. The summed E-state index contributed by atoms with van der Waals surface area (Å²) < 4.78 is 14.8. The fraction of sp³-hybridized carbons (Fsp3) is 0.438. The molecule has 3 rings (SSSR count). The molecule has 1 fully saturated rings. The van der Waals surface area contributed by atoms with Gasteiger partial charge in [0.1, 0.15) is 5.82 Å². The zero-order valence-electron chi connectivity index (χ0n) is 13.6. The molecule has 6 nitrogen and oxygen atoms in total. The number of nitrogens with zero attached hydrogens (tertiary/aromatic N) is 4. The van der Waals surface area contributed by atoms with E-state index in [1.54, 1.807) is 16.9 Å². The van der Waals surface area contributed by atoms with Crippen LogP contribution in [0.1, 0.15) is 29.9 Å². The molecule has 1 aromatic carbocycles. The molecule has 1 amide bonds. The second kappa shape index (κ2) is 7.72. The van der Waals surface area contributed by atoms with Crippen molar-refractivity contribution in [3.63, 3.8) is 0 Å². The molecule has 0 bridgehead atoms. The predicted molar refractivity (Wildman–Crippen MR) is 90.7 cm³/mol. The molecule has 8 heteroatoms. The number of amides is 1. The van der Waals surface area contributed by atoms with Gasteiger partial charge < -0.3 is 10.2 Å². The Morgan fingerprint density at radius 3 is 2.96 bits per heavy atom. The molecule has 24 heavy (non-hydrogen) atoms. The van der Waals surface area contributed by atoms with E-state index in [4.69, 9.17) is 0 Å². The van der Waals surface area contributed by atoms with Crippen LogP contribution in [0.25, 0.3) is 0 Å². The smallest absolute Gasteiger partial charge is 0.276 e. The monoisotopic (exact) mass is 353 g/mol. The van der Waals surface area contributed by atoms with Crippen LogP contribution in [-0.4, -0.2) is 51.0 Å². The Bertz CT molecular complexity index is 707. The van der Waals surface area contributed by atoms with Crippen LogP contribution >= 0.6 is 12.4 Å². The van der Waals surface area contributed by atoms with Gasteiger partial charge in [0.2, 0.25) is 0 Å². The van der Waals surface area contributed by atoms with Gasteiger partial charge in [-0.2, -0.15) is 0 Å². The van der Waals surface area contributed by atoms with Gasteiger partial charge in [0.25, 0.3) is 5.91 Å². The standard InChI is InChI=1S/C16H20FN5O.ClH/c1-11-12(2)22(7-6-18-11)16(23)15-10-21(20-19-15)9-13-4-3-5-14(17)8-13;/h3-5,8,10-12,18H,6-7,9H2,1-2H3;1H. The molecule has 2 aromatic rings. The Balaban J connectivity index is 0.00000208. The van der Waals surface area contributed by atoms with E-state index < -0.39 is 0 Å². The van der Waals surface area contributed by atoms with Gasteiger partial charge in [-0.15, -0.1) is 17.5 Å². The number of halogens is 2. The molecule has 130 valence electrons. The topological polar surface area (TPSA) is 63.1 Å². The summed E-state index contributed by atoms with van der Waals surface area (Å²) >= 11 is 0. The van der Waals surface area contributed by atoms with Gasteiger partial charge in [-0.1, -0.05) is 17.3 Å². The molecule has 0 spiro atoms. The van der Waals surface area contributed by atoms with Crippen molar-refractivity contribution in [1.82, 2.24) is 25.2 Å². The maximum Gasteiger partial charge on any atom is 0.276 e. The zero-order valence-corrected chi connectivity index (χ0v) is 14.5. The van der Waals surface area contributed by atoms with Gasteiger partial charge in [0, 0.05) is 25.2 Å². The third kappa shape index (κ3) is 3.91. The van der Waals surface area contributed by atoms with Gasteiger partial charge in [-0.3, -0.25) is 4.79 Å². The number of carbonyl (C=O) groups excluding carboxylic acids is 1. The summed E-state index contributed by atoms with van der Waals surface area (Å²) in [5.41, 5.74) is 1.10. The summed E-state index contributed by atoms with van der Waals surface area (Å²) in [4.78, 5) is 14.4. The molecule has 1 aliphatic heterocycles. The van der Waals surface area contributed by atoms with E-state index in [0.717, 1.165) is 12.1 Å². The number of hydrogen-bond donors (Lipinski definition) is 1. The van der Waals surface area contributed by atoms with E-state index in [1.807, 2.05) is 17.9 Å². The molecular weight excluding hydrogens is 333 g/mol. The quantitative estimate of drug-likeness (QED) is 0.912. The number of benzene rings is 1. The first-order chi connectivity index (χ1) is 11.0. The van der Waals surface area contributed by atoms with Crippen LogP contribution < -0.4 is 5.32 Å². The maximum absolute atomic E-state index is 13.2. The van der Waals surface area contributed by atoms with E-state index in [9.17, 15) is 9.18 Å². The molecule has 1 saturated heterocycles. The number of rotatable bonds is 3. The van der Waals surface area contributed by atoms with Crippen molar-refractivity contribution in [3.05, 3.63) is 47.5 Å². The molecule has 0 radical (unpaired) electrons. The SMILES string of the molecule is CC1NCCN(C(=O)c2cn(Cc3cccc(F)c3)nn2)C1C.Cl. The Morgan fingerprint density at radius 1 is 1.42 bits per heavy atom. The minimum Gasteiger partial charge on any atom is -0.332 e. The van der Waals surface area contributed by atoms with Crippen LogP contribution in [0.4, 0.5) is 4.39 Å². The van der Waals surface area contributed by atoms with E-state index in [-0.39, 0.29) is 36.2 Å². The summed E-state index contributed by atoms with van der Waals surface area (Å²) in [6, 6.07) is 6.65. The summed E-state index contributed by atoms with van der Waals surface area (Å²) in [7, 11) is 0. The summed E-state index contributed by atoms with van der Waals surface area (Å²) in [6.07, 6.45) is 1.62. The molecule has 1 aliphatic rings. The minimum atomic E-state index is -0.289. The lowest BCUT2D eigenvalue weighted by Crippen LogP contribution is -2.57. The van der Waals surface area contributed by atoms with Crippen LogP contribution in [0, 0.1) is 5.82 Å². The van der Waals surface area contributed by atoms with Crippen molar-refractivity contribution in [2.24, 2.45) is 0 Å². The Morgan fingerprint density at radius 2 is 2.21 bits per heavy atom. The first kappa shape index (κ1) is 18.4. The van der Waals surface area contributed by atoms with Crippen LogP contribution in [-0.2, 0) is 6.54 Å². The highest BCUT2D eigenvalue weighted by Crippen LogP contribution is 2.13. The van der Waals surface area contributed by atoms with Crippen molar-refractivity contribution in [2.75, 3.05) is 13.1 Å². The van der Waals surface area contributed by atoms with Crippen molar-refractivity contribution >= 4 is 18.3 Å². The second-order valence-corrected chi connectivity index (χ2v) is 5.91. The molecule has 1 N–H and O–H groups in total. The van der Waals surface area contributed by atoms with Crippen molar-refractivity contribution in [1.29, 1.82) is 0 Å². The van der Waals surface area contributed by atoms with Gasteiger partial charge in [-0.05, 0) is 31.5 Å². The highest BCUT2D eigenvalue weighted by Gasteiger charge is 2.30. The number of piperazine rings is 1. The lowest BCUT2D eigenvalue weighted by atomic mass is 10.1. The first-order valence-electron chi connectivity index (χ1n) is 7.73. The number of carbonyl (C=O) groups is 1. The predicted octanol–water partition coefficient (Wildman–Crippen LogP) is 1.71. The molecular formula is C16H21ClFN5O. The van der Waals surface area contributed by atoms with E-state index >= 15 is 0 Å². The highest BCUT2D eigenvalue weighted by molar-refractivity contribution is 5.92. The molecule has 1 aromatic heterocycles. The Labute approximate surface area is 146 Å². The van der Waals surface area contributed by atoms with Gasteiger partial charge >= 0.3 is 0 Å². The van der Waals surface area contributed by atoms with Crippen LogP contribution in [0.2, 0.25) is 0 Å². The van der Waals surface area contributed by atoms with Crippen molar-refractivity contribution in [2.45, 2.75) is 32.5 Å².